The van der Waals surface area contributed by atoms with Gasteiger partial charge in [0.2, 0.25) is 0 Å². The highest BCUT2D eigenvalue weighted by Crippen LogP contribution is 2.31. The van der Waals surface area contributed by atoms with Crippen LogP contribution in [0.15, 0.2) is 22.7 Å². The van der Waals surface area contributed by atoms with Gasteiger partial charge in [0.05, 0.1) is 5.69 Å². The van der Waals surface area contributed by atoms with Crippen LogP contribution in [0.2, 0.25) is 0 Å². The van der Waals surface area contributed by atoms with Gasteiger partial charge in [-0.15, -0.1) is 0 Å². The van der Waals surface area contributed by atoms with Crippen molar-refractivity contribution in [2.45, 2.75) is 25.4 Å². The first-order valence-electron chi connectivity index (χ1n) is 6.45. The lowest BCUT2D eigenvalue weighted by Gasteiger charge is -2.23. The van der Waals surface area contributed by atoms with Gasteiger partial charge in [-0.1, -0.05) is 6.07 Å². The summed E-state index contributed by atoms with van der Waals surface area (Å²) in [6.45, 7) is 4.24. The maximum atomic E-state index is 5.91. The third kappa shape index (κ3) is 2.87. The topological polar surface area (TPSA) is 32.5 Å². The highest BCUT2D eigenvalue weighted by molar-refractivity contribution is 9.10. The van der Waals surface area contributed by atoms with Gasteiger partial charge in [0.15, 0.2) is 0 Å². The maximum absolute atomic E-state index is 5.91. The Morgan fingerprint density at radius 1 is 1.44 bits per heavy atom. The smallest absolute Gasteiger partial charge is 0.0511 e. The number of anilines is 1. The van der Waals surface area contributed by atoms with Gasteiger partial charge < -0.3 is 15.5 Å². The molecule has 1 saturated heterocycles. The normalized spacial score (nSPS) is 21.7. The third-order valence-electron chi connectivity index (χ3n) is 3.73. The van der Waals surface area contributed by atoms with Gasteiger partial charge in [-0.25, -0.2) is 0 Å². The molecule has 1 fully saturated rings. The van der Waals surface area contributed by atoms with Gasteiger partial charge in [-0.05, 0) is 61.1 Å². The van der Waals surface area contributed by atoms with E-state index in [1.807, 2.05) is 6.92 Å². The van der Waals surface area contributed by atoms with E-state index in [2.05, 4.69) is 58.0 Å². The minimum atomic E-state index is 0.0865. The number of hydrogen-bond donors (Lipinski definition) is 1. The summed E-state index contributed by atoms with van der Waals surface area (Å²) in [6.07, 6.45) is 1.23. The third-order valence-corrected chi connectivity index (χ3v) is 4.37. The summed E-state index contributed by atoms with van der Waals surface area (Å²) in [5.74, 6) is 0. The first-order chi connectivity index (χ1) is 8.49. The fourth-order valence-electron chi connectivity index (χ4n) is 2.44. The quantitative estimate of drug-likeness (QED) is 0.931. The molecule has 0 amide bonds. The molecule has 2 rings (SSSR count). The number of nitrogens with two attached hydrogens (primary N) is 1. The molecule has 3 nitrogen and oxygen atoms in total. The standard InChI is InChI=1S/C14H22BrN3/c1-10(16)11-4-5-14(13(15)8-11)18-7-6-12(9-18)17(2)3/h4-5,8,10,12H,6-7,9,16H2,1-3H3/t10-,12?/m1/s1. The lowest BCUT2D eigenvalue weighted by Crippen LogP contribution is -2.31. The van der Waals surface area contributed by atoms with Gasteiger partial charge in [0, 0.05) is 29.6 Å². The van der Waals surface area contributed by atoms with Crippen molar-refractivity contribution in [2.24, 2.45) is 5.73 Å². The molecule has 0 bridgehead atoms. The second kappa shape index (κ2) is 5.59. The Morgan fingerprint density at radius 3 is 2.67 bits per heavy atom. The number of nitrogens with zero attached hydrogens (tertiary/aromatic N) is 2. The molecule has 1 aromatic rings. The van der Waals surface area contributed by atoms with E-state index < -0.39 is 0 Å². The first-order valence-corrected chi connectivity index (χ1v) is 7.24. The van der Waals surface area contributed by atoms with Crippen molar-refractivity contribution in [3.8, 4) is 0 Å². The van der Waals surface area contributed by atoms with Crippen LogP contribution >= 0.6 is 15.9 Å². The van der Waals surface area contributed by atoms with Crippen LogP contribution in [0.4, 0.5) is 5.69 Å². The monoisotopic (exact) mass is 311 g/mol. The molecule has 1 aliphatic heterocycles. The molecular formula is C14H22BrN3. The number of hydrogen-bond acceptors (Lipinski definition) is 3. The Morgan fingerprint density at radius 2 is 2.17 bits per heavy atom. The van der Waals surface area contributed by atoms with Crippen molar-refractivity contribution in [1.29, 1.82) is 0 Å². The molecule has 1 aromatic carbocycles. The van der Waals surface area contributed by atoms with Crippen molar-refractivity contribution < 1.29 is 0 Å². The Kier molecular flexibility index (Phi) is 4.30. The van der Waals surface area contributed by atoms with Crippen molar-refractivity contribution in [3.05, 3.63) is 28.2 Å². The lowest BCUT2D eigenvalue weighted by molar-refractivity contribution is 0.315. The number of likely N-dealkylation sites (N-methyl/N-ethyl adjacent to an activating group) is 1. The molecule has 1 unspecified atom stereocenters. The van der Waals surface area contributed by atoms with Crippen molar-refractivity contribution in [1.82, 2.24) is 4.90 Å². The van der Waals surface area contributed by atoms with E-state index in [1.54, 1.807) is 0 Å². The predicted octanol–water partition coefficient (Wildman–Crippen LogP) is 2.61. The number of benzene rings is 1. The van der Waals surface area contributed by atoms with E-state index in [-0.39, 0.29) is 6.04 Å². The second-order valence-corrected chi connectivity index (χ2v) is 6.21. The van der Waals surface area contributed by atoms with Crippen LogP contribution in [-0.2, 0) is 0 Å². The van der Waals surface area contributed by atoms with Crippen molar-refractivity contribution in [3.63, 3.8) is 0 Å². The minimum Gasteiger partial charge on any atom is -0.369 e. The molecule has 100 valence electrons. The molecule has 2 N–H and O–H groups in total. The van der Waals surface area contributed by atoms with Crippen LogP contribution in [0.3, 0.4) is 0 Å². The largest absolute Gasteiger partial charge is 0.369 e. The van der Waals surface area contributed by atoms with Gasteiger partial charge >= 0.3 is 0 Å². The number of halogens is 1. The van der Waals surface area contributed by atoms with E-state index in [1.165, 1.54) is 17.7 Å². The van der Waals surface area contributed by atoms with Crippen LogP contribution in [-0.4, -0.2) is 38.1 Å². The average molecular weight is 312 g/mol. The zero-order valence-corrected chi connectivity index (χ0v) is 12.9. The van der Waals surface area contributed by atoms with Crippen LogP contribution in [0.1, 0.15) is 24.9 Å². The van der Waals surface area contributed by atoms with Gasteiger partial charge in [-0.3, -0.25) is 0 Å². The Hall–Kier alpha value is -0.580. The van der Waals surface area contributed by atoms with E-state index in [0.717, 1.165) is 17.6 Å². The van der Waals surface area contributed by atoms with Crippen molar-refractivity contribution >= 4 is 21.6 Å². The van der Waals surface area contributed by atoms with Gasteiger partial charge in [0.25, 0.3) is 0 Å². The fraction of sp³-hybridized carbons (Fsp3) is 0.571. The van der Waals surface area contributed by atoms with Crippen LogP contribution in [0.25, 0.3) is 0 Å². The minimum absolute atomic E-state index is 0.0865. The summed E-state index contributed by atoms with van der Waals surface area (Å²) in [7, 11) is 4.31. The van der Waals surface area contributed by atoms with E-state index in [0.29, 0.717) is 6.04 Å². The summed E-state index contributed by atoms with van der Waals surface area (Å²) in [4.78, 5) is 4.75. The van der Waals surface area contributed by atoms with Crippen LogP contribution in [0.5, 0.6) is 0 Å². The molecule has 4 heteroatoms. The maximum Gasteiger partial charge on any atom is 0.0511 e. The summed E-state index contributed by atoms with van der Waals surface area (Å²) >= 11 is 3.67. The summed E-state index contributed by atoms with van der Waals surface area (Å²) in [5.41, 5.74) is 8.36. The van der Waals surface area contributed by atoms with E-state index in [4.69, 9.17) is 5.73 Å². The second-order valence-electron chi connectivity index (χ2n) is 5.35. The predicted molar refractivity (Wildman–Crippen MR) is 81.0 cm³/mol. The summed E-state index contributed by atoms with van der Waals surface area (Å²) in [5, 5.41) is 0. The Balaban J connectivity index is 2.15. The van der Waals surface area contributed by atoms with Crippen LogP contribution < -0.4 is 10.6 Å². The molecule has 0 aliphatic carbocycles. The molecule has 1 heterocycles. The Labute approximate surface area is 118 Å². The first kappa shape index (κ1) is 13.8. The average Bonchev–Trinajstić information content (AvgIpc) is 2.78. The Bertz CT molecular complexity index is 418. The molecule has 2 atom stereocenters. The number of rotatable bonds is 3. The summed E-state index contributed by atoms with van der Waals surface area (Å²) < 4.78 is 1.15. The molecule has 0 saturated carbocycles. The molecule has 18 heavy (non-hydrogen) atoms. The lowest BCUT2D eigenvalue weighted by atomic mass is 10.1. The zero-order valence-electron chi connectivity index (χ0n) is 11.4. The SMILES string of the molecule is C[C@@H](N)c1ccc(N2CCC(N(C)C)C2)c(Br)c1. The summed E-state index contributed by atoms with van der Waals surface area (Å²) in [6, 6.07) is 7.20. The molecule has 0 radical (unpaired) electrons. The molecule has 1 aliphatic rings. The highest BCUT2D eigenvalue weighted by atomic mass is 79.9. The highest BCUT2D eigenvalue weighted by Gasteiger charge is 2.25. The van der Waals surface area contributed by atoms with E-state index in [9.17, 15) is 0 Å². The van der Waals surface area contributed by atoms with Gasteiger partial charge in [-0.2, -0.15) is 0 Å². The van der Waals surface area contributed by atoms with Crippen LogP contribution in [0, 0.1) is 0 Å². The van der Waals surface area contributed by atoms with Crippen molar-refractivity contribution in [2.75, 3.05) is 32.1 Å². The van der Waals surface area contributed by atoms with Gasteiger partial charge in [0.1, 0.15) is 0 Å². The molecule has 0 spiro atoms. The zero-order chi connectivity index (χ0) is 13.3. The molecular weight excluding hydrogens is 290 g/mol. The van der Waals surface area contributed by atoms with E-state index >= 15 is 0 Å². The molecule has 0 aromatic heterocycles. The fourth-order valence-corrected chi connectivity index (χ4v) is 3.09.